The van der Waals surface area contributed by atoms with E-state index in [4.69, 9.17) is 0 Å². The third-order valence-corrected chi connectivity index (χ3v) is 11.5. The molecule has 1 aromatic heterocycles. The van der Waals surface area contributed by atoms with E-state index in [1.807, 2.05) is 0 Å². The predicted octanol–water partition coefficient (Wildman–Crippen LogP) is 16.1. The second-order valence-electron chi connectivity index (χ2n) is 14.5. The Balaban J connectivity index is 1.05. The van der Waals surface area contributed by atoms with Crippen LogP contribution in [0.15, 0.2) is 218 Å². The van der Waals surface area contributed by atoms with Crippen molar-refractivity contribution in [3.05, 3.63) is 273 Å². The number of thiophene rings is 1. The summed E-state index contributed by atoms with van der Waals surface area (Å²) in [5.74, 6) is 0. The van der Waals surface area contributed by atoms with Gasteiger partial charge in [-0.3, -0.25) is 0 Å². The molecule has 0 spiro atoms. The van der Waals surface area contributed by atoms with E-state index < -0.39 is 0 Å². The third kappa shape index (κ3) is 8.82. The van der Waals surface area contributed by atoms with E-state index in [0.717, 1.165) is 22.3 Å². The zero-order valence-corrected chi connectivity index (χ0v) is 33.5. The van der Waals surface area contributed by atoms with Crippen molar-refractivity contribution in [2.45, 2.75) is 0 Å². The fourth-order valence-electron chi connectivity index (χ4n) is 7.62. The zero-order chi connectivity index (χ0) is 39.6. The summed E-state index contributed by atoms with van der Waals surface area (Å²) < 4.78 is 0. The van der Waals surface area contributed by atoms with Crippen LogP contribution >= 0.6 is 11.3 Å². The van der Waals surface area contributed by atoms with Crippen LogP contribution in [0.3, 0.4) is 0 Å². The Hall–Kier alpha value is -7.32. The second kappa shape index (κ2) is 17.9. The van der Waals surface area contributed by atoms with Crippen molar-refractivity contribution in [3.8, 4) is 10.4 Å². The summed E-state index contributed by atoms with van der Waals surface area (Å²) in [5.41, 5.74) is 15.5. The fraction of sp³-hybridized carbons (Fsp3) is 0. The van der Waals surface area contributed by atoms with Gasteiger partial charge in [0.2, 0.25) is 0 Å². The Morgan fingerprint density at radius 1 is 0.339 bits per heavy atom. The van der Waals surface area contributed by atoms with E-state index >= 15 is 0 Å². The van der Waals surface area contributed by atoms with Crippen molar-refractivity contribution in [2.24, 2.45) is 0 Å². The van der Waals surface area contributed by atoms with Crippen molar-refractivity contribution < 1.29 is 0 Å². The molecule has 0 fully saturated rings. The number of hydrogen-bond acceptors (Lipinski definition) is 1. The van der Waals surface area contributed by atoms with Crippen LogP contribution in [0.1, 0.15) is 55.6 Å². The van der Waals surface area contributed by atoms with Crippen LogP contribution < -0.4 is 0 Å². The van der Waals surface area contributed by atoms with E-state index in [1.54, 1.807) is 11.3 Å². The first-order valence-corrected chi connectivity index (χ1v) is 20.9. The SMILES string of the molecule is C(=Cc1cc(-c2cccs2)c2ccccc2c1C=Cc1ccc(C=C(c2ccccc2)c2ccccc2)cc1)c1ccc(C=C(c2ccccc2)c2ccccc2)cc1. The van der Waals surface area contributed by atoms with E-state index in [9.17, 15) is 0 Å². The van der Waals surface area contributed by atoms with Gasteiger partial charge in [0.1, 0.15) is 0 Å². The smallest absolute Gasteiger partial charge is 0.0349 e. The van der Waals surface area contributed by atoms with E-state index in [0.29, 0.717) is 0 Å². The van der Waals surface area contributed by atoms with Crippen LogP contribution in [0, 0.1) is 0 Å². The predicted molar refractivity (Wildman–Crippen MR) is 258 cm³/mol. The first-order chi connectivity index (χ1) is 29.2. The molecular weight excluding hydrogens is 729 g/mol. The van der Waals surface area contributed by atoms with Crippen LogP contribution in [0.5, 0.6) is 0 Å². The molecule has 0 atom stereocenters. The highest BCUT2D eigenvalue weighted by atomic mass is 32.1. The average Bonchev–Trinajstić information content (AvgIpc) is 3.86. The Kier molecular flexibility index (Phi) is 11.3. The molecule has 1 heteroatoms. The minimum absolute atomic E-state index is 1.15. The number of fused-ring (bicyclic) bond motifs is 1. The maximum Gasteiger partial charge on any atom is 0.0349 e. The van der Waals surface area contributed by atoms with Gasteiger partial charge >= 0.3 is 0 Å². The van der Waals surface area contributed by atoms with Crippen molar-refractivity contribution in [2.75, 3.05) is 0 Å². The molecule has 0 aliphatic heterocycles. The highest BCUT2D eigenvalue weighted by molar-refractivity contribution is 7.13. The second-order valence-corrected chi connectivity index (χ2v) is 15.5. The first kappa shape index (κ1) is 37.3. The summed E-state index contributed by atoms with van der Waals surface area (Å²) >= 11 is 1.78. The topological polar surface area (TPSA) is 0 Å². The summed E-state index contributed by atoms with van der Waals surface area (Å²) in [7, 11) is 0. The number of rotatable bonds is 11. The summed E-state index contributed by atoms with van der Waals surface area (Å²) in [5, 5.41) is 4.65. The maximum atomic E-state index is 2.36. The Labute approximate surface area is 351 Å². The molecule has 0 aliphatic rings. The van der Waals surface area contributed by atoms with Gasteiger partial charge in [0.05, 0.1) is 0 Å². The molecule has 0 saturated heterocycles. The maximum absolute atomic E-state index is 2.36. The number of benzene rings is 8. The van der Waals surface area contributed by atoms with Crippen LogP contribution in [0.4, 0.5) is 0 Å². The van der Waals surface area contributed by atoms with E-state index in [2.05, 4.69) is 254 Å². The molecule has 9 rings (SSSR count). The van der Waals surface area contributed by atoms with Crippen LogP contribution in [0.25, 0.3) is 68.8 Å². The van der Waals surface area contributed by atoms with Gasteiger partial charge < -0.3 is 0 Å². The quantitative estimate of drug-likeness (QED) is 0.115. The lowest BCUT2D eigenvalue weighted by Crippen LogP contribution is -1.89. The monoisotopic (exact) mass is 770 g/mol. The summed E-state index contributed by atoms with van der Waals surface area (Å²) in [6.07, 6.45) is 13.6. The highest BCUT2D eigenvalue weighted by Gasteiger charge is 2.12. The van der Waals surface area contributed by atoms with E-state index in [1.165, 1.54) is 65.7 Å². The minimum Gasteiger partial charge on any atom is -0.144 e. The van der Waals surface area contributed by atoms with Gasteiger partial charge in [-0.15, -0.1) is 11.3 Å². The molecule has 0 saturated carbocycles. The third-order valence-electron chi connectivity index (χ3n) is 10.6. The Morgan fingerprint density at radius 3 is 1.19 bits per heavy atom. The van der Waals surface area contributed by atoms with Gasteiger partial charge in [0, 0.05) is 10.4 Å². The Bertz CT molecular complexity index is 2810. The molecule has 0 radical (unpaired) electrons. The zero-order valence-electron chi connectivity index (χ0n) is 32.7. The molecule has 0 unspecified atom stereocenters. The minimum atomic E-state index is 1.15. The average molecular weight is 771 g/mol. The fourth-order valence-corrected chi connectivity index (χ4v) is 8.38. The first-order valence-electron chi connectivity index (χ1n) is 20.1. The summed E-state index contributed by atoms with van der Waals surface area (Å²) in [4.78, 5) is 1.27. The van der Waals surface area contributed by atoms with Gasteiger partial charge in [-0.2, -0.15) is 0 Å². The Morgan fingerprint density at radius 2 is 0.746 bits per heavy atom. The lowest BCUT2D eigenvalue weighted by atomic mass is 9.92. The molecule has 0 bridgehead atoms. The lowest BCUT2D eigenvalue weighted by molar-refractivity contribution is 1.55. The van der Waals surface area contributed by atoms with E-state index in [-0.39, 0.29) is 0 Å². The van der Waals surface area contributed by atoms with Gasteiger partial charge in [0.25, 0.3) is 0 Å². The van der Waals surface area contributed by atoms with Gasteiger partial charge in [-0.05, 0) is 107 Å². The molecule has 8 aromatic carbocycles. The van der Waals surface area contributed by atoms with Crippen molar-refractivity contribution >= 4 is 69.7 Å². The van der Waals surface area contributed by atoms with Crippen LogP contribution in [-0.4, -0.2) is 0 Å². The van der Waals surface area contributed by atoms with Crippen LogP contribution in [0.2, 0.25) is 0 Å². The molecule has 9 aromatic rings. The molecule has 0 amide bonds. The molecule has 0 N–H and O–H groups in total. The molecule has 0 aliphatic carbocycles. The van der Waals surface area contributed by atoms with Gasteiger partial charge in [-0.1, -0.05) is 224 Å². The largest absolute Gasteiger partial charge is 0.144 e. The molecule has 0 nitrogen and oxygen atoms in total. The summed E-state index contributed by atoms with van der Waals surface area (Å²) in [6.45, 7) is 0. The van der Waals surface area contributed by atoms with Crippen molar-refractivity contribution in [1.29, 1.82) is 0 Å². The lowest BCUT2D eigenvalue weighted by Gasteiger charge is -2.13. The molecule has 1 heterocycles. The normalized spacial score (nSPS) is 11.3. The van der Waals surface area contributed by atoms with Gasteiger partial charge in [-0.25, -0.2) is 0 Å². The van der Waals surface area contributed by atoms with Crippen LogP contribution in [-0.2, 0) is 0 Å². The number of hydrogen-bond donors (Lipinski definition) is 0. The molecule has 280 valence electrons. The molecule has 59 heavy (non-hydrogen) atoms. The van der Waals surface area contributed by atoms with Crippen molar-refractivity contribution in [1.82, 2.24) is 0 Å². The summed E-state index contributed by atoms with van der Waals surface area (Å²) in [6, 6.07) is 75.7. The van der Waals surface area contributed by atoms with Gasteiger partial charge in [0.15, 0.2) is 0 Å². The highest BCUT2D eigenvalue weighted by Crippen LogP contribution is 2.37. The standard InChI is InChI=1S/C58H42S/c1-5-16-47(17-6-1)55(48-18-7-2-8-19-48)40-45-31-27-43(28-32-45)35-37-51-42-57(58-26-15-39-59-58)54-25-14-13-24-53(54)52(51)38-36-44-29-33-46(34-30-44)41-56(49-20-9-3-10-21-49)50-22-11-4-12-23-50/h1-42H. The van der Waals surface area contributed by atoms with Crippen molar-refractivity contribution in [3.63, 3.8) is 0 Å². The molecular formula is C58H42S.